The van der Waals surface area contributed by atoms with Crippen molar-refractivity contribution in [2.75, 3.05) is 0 Å². The number of Topliss-reactive ketones (excluding diaryl/α,β-unsaturated/α-hetero) is 1. The first kappa shape index (κ1) is 6.38. The summed E-state index contributed by atoms with van der Waals surface area (Å²) in [5, 5.41) is 0. The third-order valence-electron chi connectivity index (χ3n) is 3.04. The van der Waals surface area contributed by atoms with Gasteiger partial charge in [-0.2, -0.15) is 0 Å². The molecule has 1 heteroatoms. The zero-order chi connectivity index (χ0) is 6.97. The zero-order valence-electron chi connectivity index (χ0n) is 6.31. The van der Waals surface area contributed by atoms with Gasteiger partial charge in [0.2, 0.25) is 0 Å². The second kappa shape index (κ2) is 2.37. The van der Waals surface area contributed by atoms with E-state index in [1.165, 1.54) is 32.1 Å². The van der Waals surface area contributed by atoms with Crippen LogP contribution in [0.3, 0.4) is 0 Å². The van der Waals surface area contributed by atoms with Gasteiger partial charge in [0.25, 0.3) is 0 Å². The van der Waals surface area contributed by atoms with Crippen LogP contribution in [0.4, 0.5) is 0 Å². The average Bonchev–Trinajstić information content (AvgIpc) is 2.09. The highest BCUT2D eigenvalue weighted by atomic mass is 16.1. The summed E-state index contributed by atoms with van der Waals surface area (Å²) in [5.74, 6) is 1.85. The van der Waals surface area contributed by atoms with Gasteiger partial charge in [0.1, 0.15) is 5.78 Å². The van der Waals surface area contributed by atoms with Crippen LogP contribution in [0.25, 0.3) is 0 Å². The fraction of sp³-hybridized carbons (Fsp3) is 0.889. The van der Waals surface area contributed by atoms with Crippen molar-refractivity contribution in [2.45, 2.75) is 38.5 Å². The van der Waals surface area contributed by atoms with E-state index in [0.29, 0.717) is 11.7 Å². The van der Waals surface area contributed by atoms with Gasteiger partial charge in [-0.1, -0.05) is 19.3 Å². The normalized spacial score (nSPS) is 39.8. The smallest absolute Gasteiger partial charge is 0.136 e. The molecule has 0 N–H and O–H groups in total. The number of rotatable bonds is 0. The molecular weight excluding hydrogens is 124 g/mol. The molecule has 0 aliphatic heterocycles. The highest BCUT2D eigenvalue weighted by molar-refractivity contribution is 5.87. The molecule has 0 aromatic rings. The van der Waals surface area contributed by atoms with Gasteiger partial charge in [0.15, 0.2) is 0 Å². The fourth-order valence-electron chi connectivity index (χ4n) is 2.30. The third kappa shape index (κ3) is 0.882. The van der Waals surface area contributed by atoms with E-state index >= 15 is 0 Å². The molecule has 0 unspecified atom stereocenters. The van der Waals surface area contributed by atoms with Crippen LogP contribution < -0.4 is 0 Å². The summed E-state index contributed by atoms with van der Waals surface area (Å²) in [6, 6.07) is 0. The van der Waals surface area contributed by atoms with E-state index in [0.717, 1.165) is 12.3 Å². The largest absolute Gasteiger partial charge is 0.299 e. The van der Waals surface area contributed by atoms with E-state index in [4.69, 9.17) is 0 Å². The predicted molar refractivity (Wildman–Crippen MR) is 39.7 cm³/mol. The molecule has 0 heterocycles. The van der Waals surface area contributed by atoms with Crippen molar-refractivity contribution < 1.29 is 4.79 Å². The maximum Gasteiger partial charge on any atom is 0.136 e. The summed E-state index contributed by atoms with van der Waals surface area (Å²) in [6.07, 6.45) is 7.46. The Kier molecular flexibility index (Phi) is 1.51. The van der Waals surface area contributed by atoms with Gasteiger partial charge >= 0.3 is 0 Å². The van der Waals surface area contributed by atoms with Crippen molar-refractivity contribution >= 4 is 5.78 Å². The van der Waals surface area contributed by atoms with Crippen LogP contribution in [-0.2, 0) is 4.79 Å². The maximum absolute atomic E-state index is 11.0. The highest BCUT2D eigenvalue weighted by Gasteiger charge is 2.39. The van der Waals surface area contributed by atoms with Crippen molar-refractivity contribution in [3.05, 3.63) is 0 Å². The number of ketones is 1. The molecule has 0 amide bonds. The SMILES string of the molecule is O=C1C[C@@H]2CCCCC[C@H]12. The van der Waals surface area contributed by atoms with Gasteiger partial charge in [-0.25, -0.2) is 0 Å². The fourth-order valence-corrected chi connectivity index (χ4v) is 2.30. The summed E-state index contributed by atoms with van der Waals surface area (Å²) in [5.41, 5.74) is 0. The first-order valence-electron chi connectivity index (χ1n) is 4.40. The van der Waals surface area contributed by atoms with Gasteiger partial charge in [0.05, 0.1) is 0 Å². The second-order valence-electron chi connectivity index (χ2n) is 3.68. The number of fused-ring (bicyclic) bond motifs is 1. The average molecular weight is 138 g/mol. The number of hydrogen-bond acceptors (Lipinski definition) is 1. The summed E-state index contributed by atoms with van der Waals surface area (Å²) in [4.78, 5) is 11.0. The van der Waals surface area contributed by atoms with Crippen molar-refractivity contribution in [3.8, 4) is 0 Å². The lowest BCUT2D eigenvalue weighted by Gasteiger charge is -2.33. The van der Waals surface area contributed by atoms with Gasteiger partial charge < -0.3 is 0 Å². The van der Waals surface area contributed by atoms with Gasteiger partial charge in [-0.3, -0.25) is 4.79 Å². The van der Waals surface area contributed by atoms with Crippen LogP contribution in [0.2, 0.25) is 0 Å². The van der Waals surface area contributed by atoms with Crippen LogP contribution in [-0.4, -0.2) is 5.78 Å². The Morgan fingerprint density at radius 3 is 2.70 bits per heavy atom. The van der Waals surface area contributed by atoms with Crippen LogP contribution >= 0.6 is 0 Å². The lowest BCUT2D eigenvalue weighted by Crippen LogP contribution is -2.35. The van der Waals surface area contributed by atoms with Crippen LogP contribution in [0.1, 0.15) is 38.5 Å². The zero-order valence-corrected chi connectivity index (χ0v) is 6.31. The number of carbonyl (C=O) groups excluding carboxylic acids is 1. The van der Waals surface area contributed by atoms with Gasteiger partial charge in [0, 0.05) is 12.3 Å². The Hall–Kier alpha value is -0.330. The minimum absolute atomic E-state index is 0.502. The van der Waals surface area contributed by atoms with Crippen molar-refractivity contribution in [2.24, 2.45) is 11.8 Å². The van der Waals surface area contributed by atoms with Crippen LogP contribution in [0, 0.1) is 11.8 Å². The lowest BCUT2D eigenvalue weighted by molar-refractivity contribution is -0.134. The van der Waals surface area contributed by atoms with E-state index in [1.54, 1.807) is 0 Å². The molecule has 2 atom stereocenters. The molecule has 0 spiro atoms. The molecule has 10 heavy (non-hydrogen) atoms. The van der Waals surface area contributed by atoms with Gasteiger partial charge in [-0.15, -0.1) is 0 Å². The molecule has 2 rings (SSSR count). The monoisotopic (exact) mass is 138 g/mol. The van der Waals surface area contributed by atoms with Crippen LogP contribution in [0.15, 0.2) is 0 Å². The standard InChI is InChI=1S/C9H14O/c10-9-6-7-4-2-1-3-5-8(7)9/h7-8H,1-6H2/t7-,8-/m0/s1. The Balaban J connectivity index is 1.99. The lowest BCUT2D eigenvalue weighted by atomic mass is 9.70. The molecular formula is C9H14O. The van der Waals surface area contributed by atoms with Crippen molar-refractivity contribution in [1.29, 1.82) is 0 Å². The molecule has 0 aromatic heterocycles. The molecule has 2 fully saturated rings. The Labute approximate surface area is 61.8 Å². The third-order valence-corrected chi connectivity index (χ3v) is 3.04. The minimum atomic E-state index is 0.502. The van der Waals surface area contributed by atoms with Gasteiger partial charge in [-0.05, 0) is 18.8 Å². The number of hydrogen-bond donors (Lipinski definition) is 0. The van der Waals surface area contributed by atoms with E-state index in [1.807, 2.05) is 0 Å². The Bertz CT molecular complexity index is 151. The predicted octanol–water partition coefficient (Wildman–Crippen LogP) is 2.16. The quantitative estimate of drug-likeness (QED) is 0.501. The Morgan fingerprint density at radius 1 is 1.10 bits per heavy atom. The van der Waals surface area contributed by atoms with E-state index in [9.17, 15) is 4.79 Å². The first-order chi connectivity index (χ1) is 4.88. The van der Waals surface area contributed by atoms with E-state index < -0.39 is 0 Å². The molecule has 0 bridgehead atoms. The summed E-state index contributed by atoms with van der Waals surface area (Å²) in [6.45, 7) is 0. The molecule has 0 aromatic carbocycles. The maximum atomic E-state index is 11.0. The first-order valence-corrected chi connectivity index (χ1v) is 4.40. The summed E-state index contributed by atoms with van der Waals surface area (Å²) < 4.78 is 0. The molecule has 1 nitrogen and oxygen atoms in total. The van der Waals surface area contributed by atoms with Crippen molar-refractivity contribution in [3.63, 3.8) is 0 Å². The molecule has 2 aliphatic carbocycles. The van der Waals surface area contributed by atoms with Crippen LogP contribution in [0.5, 0.6) is 0 Å². The topological polar surface area (TPSA) is 17.1 Å². The molecule has 0 radical (unpaired) electrons. The molecule has 2 saturated carbocycles. The van der Waals surface area contributed by atoms with E-state index in [-0.39, 0.29) is 0 Å². The Morgan fingerprint density at radius 2 is 1.90 bits per heavy atom. The summed E-state index contributed by atoms with van der Waals surface area (Å²) >= 11 is 0. The van der Waals surface area contributed by atoms with Crippen molar-refractivity contribution in [1.82, 2.24) is 0 Å². The molecule has 0 saturated heterocycles. The highest BCUT2D eigenvalue weighted by Crippen LogP contribution is 2.40. The molecule has 56 valence electrons. The second-order valence-corrected chi connectivity index (χ2v) is 3.68. The summed E-state index contributed by atoms with van der Waals surface area (Å²) in [7, 11) is 0. The minimum Gasteiger partial charge on any atom is -0.299 e. The van der Waals surface area contributed by atoms with E-state index in [2.05, 4.69) is 0 Å². The number of carbonyl (C=O) groups is 1. The molecule has 2 aliphatic rings.